The van der Waals surface area contributed by atoms with Crippen LogP contribution < -0.4 is 10.4 Å². The molecule has 1 aliphatic rings. The first-order valence-corrected chi connectivity index (χ1v) is 11.1. The van der Waals surface area contributed by atoms with E-state index in [-0.39, 0.29) is 0 Å². The molecule has 1 N–H and O–H groups in total. The van der Waals surface area contributed by atoms with Gasteiger partial charge in [-0.25, -0.2) is 0 Å². The minimum absolute atomic E-state index is 0.465. The Labute approximate surface area is 148 Å². The summed E-state index contributed by atoms with van der Waals surface area (Å²) in [6, 6.07) is 13.8. The predicted molar refractivity (Wildman–Crippen MR) is 107 cm³/mol. The van der Waals surface area contributed by atoms with E-state index < -0.39 is 8.80 Å². The van der Waals surface area contributed by atoms with Crippen molar-refractivity contribution in [2.24, 2.45) is 5.92 Å². The van der Waals surface area contributed by atoms with E-state index in [0.29, 0.717) is 5.75 Å². The minimum Gasteiger partial charge on any atom is -0.507 e. The van der Waals surface area contributed by atoms with Crippen molar-refractivity contribution in [3.63, 3.8) is 0 Å². The first-order chi connectivity index (χ1) is 11.5. The van der Waals surface area contributed by atoms with E-state index in [1.807, 2.05) is 13.8 Å². The molecule has 1 unspecified atom stereocenters. The van der Waals surface area contributed by atoms with Gasteiger partial charge in [0.1, 0.15) is 14.5 Å². The van der Waals surface area contributed by atoms with Crippen LogP contribution in [0.3, 0.4) is 0 Å². The molecule has 0 bridgehead atoms. The highest BCUT2D eigenvalue weighted by Crippen LogP contribution is 2.35. The largest absolute Gasteiger partial charge is 0.507 e. The molecule has 128 valence electrons. The number of benzene rings is 2. The van der Waals surface area contributed by atoms with Crippen LogP contribution in [0.1, 0.15) is 49.3 Å². The molecule has 1 aliphatic carbocycles. The molecule has 1 fully saturated rings. The topological polar surface area (TPSA) is 20.2 Å². The Hall–Kier alpha value is -1.54. The second-order valence-electron chi connectivity index (χ2n) is 7.91. The molecular formula is C22H30OSi. The number of rotatable bonds is 3. The Bertz CT molecular complexity index is 673. The second kappa shape index (κ2) is 7.14. The van der Waals surface area contributed by atoms with Crippen LogP contribution in [0.25, 0.3) is 0 Å². The molecule has 2 aromatic carbocycles. The lowest BCUT2D eigenvalue weighted by Gasteiger charge is -2.33. The summed E-state index contributed by atoms with van der Waals surface area (Å²) in [5.41, 5.74) is 4.23. The molecule has 1 atom stereocenters. The smallest absolute Gasteiger partial charge is 0.121 e. The van der Waals surface area contributed by atoms with Gasteiger partial charge in [0, 0.05) is 0 Å². The lowest BCUT2D eigenvalue weighted by molar-refractivity contribution is 0.383. The fourth-order valence-corrected chi connectivity index (χ4v) is 8.29. The van der Waals surface area contributed by atoms with Gasteiger partial charge in [-0.05, 0) is 43.4 Å². The van der Waals surface area contributed by atoms with Gasteiger partial charge in [0.15, 0.2) is 0 Å². The van der Waals surface area contributed by atoms with Crippen molar-refractivity contribution in [1.29, 1.82) is 0 Å². The monoisotopic (exact) mass is 338 g/mol. The van der Waals surface area contributed by atoms with Gasteiger partial charge in [0.25, 0.3) is 0 Å². The zero-order chi connectivity index (χ0) is 17.3. The molecule has 2 aromatic rings. The maximum atomic E-state index is 10.2. The van der Waals surface area contributed by atoms with Gasteiger partial charge in [-0.3, -0.25) is 0 Å². The summed E-state index contributed by atoms with van der Waals surface area (Å²) >= 11 is 0. The van der Waals surface area contributed by atoms with Crippen LogP contribution in [0.2, 0.25) is 5.54 Å². The Morgan fingerprint density at radius 3 is 1.92 bits per heavy atom. The summed E-state index contributed by atoms with van der Waals surface area (Å²) < 4.78 is 0. The maximum Gasteiger partial charge on any atom is 0.121 e. The van der Waals surface area contributed by atoms with Crippen LogP contribution >= 0.6 is 0 Å². The summed E-state index contributed by atoms with van der Waals surface area (Å²) in [5, 5.41) is 13.2. The van der Waals surface area contributed by atoms with Gasteiger partial charge >= 0.3 is 0 Å². The van der Waals surface area contributed by atoms with Gasteiger partial charge in [-0.1, -0.05) is 84.9 Å². The Morgan fingerprint density at radius 1 is 0.833 bits per heavy atom. The molecule has 2 heteroatoms. The third kappa shape index (κ3) is 3.59. The summed E-state index contributed by atoms with van der Waals surface area (Å²) in [6.45, 7) is 8.63. The fourth-order valence-electron chi connectivity index (χ4n) is 4.30. The number of phenolic OH excluding ortho intramolecular Hbond substituents is 1. The molecule has 0 radical (unpaired) electrons. The second-order valence-corrected chi connectivity index (χ2v) is 11.1. The van der Waals surface area contributed by atoms with Gasteiger partial charge in [-0.2, -0.15) is 0 Å². The Balaban J connectivity index is 2.03. The van der Waals surface area contributed by atoms with Crippen molar-refractivity contribution >= 4 is 19.2 Å². The molecular weight excluding hydrogens is 308 g/mol. The molecule has 1 nitrogen and oxygen atoms in total. The minimum atomic E-state index is -1.27. The van der Waals surface area contributed by atoms with Crippen LogP contribution in [0, 0.1) is 26.7 Å². The van der Waals surface area contributed by atoms with Gasteiger partial charge in [-0.15, -0.1) is 0 Å². The van der Waals surface area contributed by atoms with Crippen molar-refractivity contribution in [2.45, 2.75) is 58.9 Å². The van der Waals surface area contributed by atoms with Crippen molar-refractivity contribution < 1.29 is 5.11 Å². The number of aryl methyl sites for hydroxylation is 3. The van der Waals surface area contributed by atoms with Gasteiger partial charge in [0.2, 0.25) is 0 Å². The van der Waals surface area contributed by atoms with Gasteiger partial charge in [0.05, 0.1) is 0 Å². The summed E-state index contributed by atoms with van der Waals surface area (Å²) in [4.78, 5) is 0. The van der Waals surface area contributed by atoms with E-state index >= 15 is 0 Å². The van der Waals surface area contributed by atoms with Crippen molar-refractivity contribution in [3.8, 4) is 5.75 Å². The normalized spacial score (nSPS) is 22.3. The Morgan fingerprint density at radius 2 is 1.38 bits per heavy atom. The number of hydrogen-bond acceptors (Lipinski definition) is 1. The molecule has 0 amide bonds. The quantitative estimate of drug-likeness (QED) is 0.830. The molecule has 0 aromatic heterocycles. The molecule has 0 spiro atoms. The van der Waals surface area contributed by atoms with Crippen LogP contribution in [-0.2, 0) is 0 Å². The first kappa shape index (κ1) is 17.3. The third-order valence-electron chi connectivity index (χ3n) is 5.84. The average molecular weight is 339 g/mol. The van der Waals surface area contributed by atoms with Crippen LogP contribution in [0.15, 0.2) is 36.4 Å². The van der Waals surface area contributed by atoms with E-state index in [1.54, 1.807) is 5.19 Å². The van der Waals surface area contributed by atoms with Crippen molar-refractivity contribution in [1.82, 2.24) is 0 Å². The first-order valence-electron chi connectivity index (χ1n) is 9.32. The summed E-state index contributed by atoms with van der Waals surface area (Å²) in [5.74, 6) is 1.35. The molecule has 0 heterocycles. The van der Waals surface area contributed by atoms with Crippen LogP contribution in [-0.4, -0.2) is 13.9 Å². The van der Waals surface area contributed by atoms with E-state index in [1.165, 1.54) is 36.4 Å². The van der Waals surface area contributed by atoms with E-state index in [0.717, 1.165) is 22.6 Å². The lowest BCUT2D eigenvalue weighted by atomic mass is 9.90. The van der Waals surface area contributed by atoms with Crippen LogP contribution in [0.5, 0.6) is 5.75 Å². The lowest BCUT2D eigenvalue weighted by Crippen LogP contribution is -2.47. The van der Waals surface area contributed by atoms with Crippen molar-refractivity contribution in [3.05, 3.63) is 53.1 Å². The SMILES string of the molecule is Cc1ccc([SiH](c2cc(C)c(O)c(C)c2)[C@H]2CC[C@@H](C)CC2)cc1. The Kier molecular flexibility index (Phi) is 5.14. The standard InChI is InChI=1S/C22H30OSi/c1-15-5-9-19(10-6-15)24(20-11-7-16(2)8-12-20)21-13-17(3)22(23)18(4)14-21/h5-6,9-10,13-14,16,20,23-24H,7-8,11-12H2,1-4H3/t16-,20+,24?. The highest BCUT2D eigenvalue weighted by atomic mass is 28.3. The third-order valence-corrected chi connectivity index (χ3v) is 9.61. The fraction of sp³-hybridized carbons (Fsp3) is 0.455. The van der Waals surface area contributed by atoms with E-state index in [2.05, 4.69) is 50.2 Å². The van der Waals surface area contributed by atoms with E-state index in [4.69, 9.17) is 0 Å². The zero-order valence-electron chi connectivity index (χ0n) is 15.5. The average Bonchev–Trinajstić information content (AvgIpc) is 2.56. The highest BCUT2D eigenvalue weighted by Gasteiger charge is 2.30. The molecule has 0 aliphatic heterocycles. The molecule has 0 saturated heterocycles. The number of aromatic hydroxyl groups is 1. The number of hydrogen-bond donors (Lipinski definition) is 1. The highest BCUT2D eigenvalue weighted by molar-refractivity contribution is 6.86. The molecule has 24 heavy (non-hydrogen) atoms. The van der Waals surface area contributed by atoms with E-state index in [9.17, 15) is 5.11 Å². The van der Waals surface area contributed by atoms with Crippen molar-refractivity contribution in [2.75, 3.05) is 0 Å². The molecule has 1 saturated carbocycles. The van der Waals surface area contributed by atoms with Crippen LogP contribution in [0.4, 0.5) is 0 Å². The number of phenols is 1. The summed E-state index contributed by atoms with van der Waals surface area (Å²) in [6.07, 6.45) is 5.47. The maximum absolute atomic E-state index is 10.2. The molecule has 3 rings (SSSR count). The predicted octanol–water partition coefficient (Wildman–Crippen LogP) is 4.24. The summed E-state index contributed by atoms with van der Waals surface area (Å²) in [7, 11) is -1.27. The zero-order valence-corrected chi connectivity index (χ0v) is 16.6. The van der Waals surface area contributed by atoms with Gasteiger partial charge < -0.3 is 5.11 Å².